The van der Waals surface area contributed by atoms with E-state index in [-0.39, 0.29) is 6.10 Å². The highest BCUT2D eigenvalue weighted by Crippen LogP contribution is 2.17. The molecule has 0 saturated carbocycles. The molecule has 0 aromatic rings. The van der Waals surface area contributed by atoms with Gasteiger partial charge in [0.15, 0.2) is 0 Å². The van der Waals surface area contributed by atoms with Gasteiger partial charge in [0.2, 0.25) is 0 Å². The second-order valence-electron chi connectivity index (χ2n) is 6.24. The summed E-state index contributed by atoms with van der Waals surface area (Å²) in [6, 6.07) is 0. The monoisotopic (exact) mass is 270 g/mol. The van der Waals surface area contributed by atoms with Gasteiger partial charge in [-0.1, -0.05) is 0 Å². The summed E-state index contributed by atoms with van der Waals surface area (Å²) in [6.45, 7) is 8.07. The maximum absolute atomic E-state index is 9.39. The van der Waals surface area contributed by atoms with Crippen molar-refractivity contribution < 1.29 is 9.84 Å². The number of nitrogens with one attached hydrogen (secondary N) is 1. The lowest BCUT2D eigenvalue weighted by atomic mass is 9.96. The second kappa shape index (κ2) is 8.20. The fourth-order valence-electron chi connectivity index (χ4n) is 3.16. The Morgan fingerprint density at radius 2 is 2.00 bits per heavy atom. The number of rotatable bonds is 6. The third kappa shape index (κ3) is 5.78. The van der Waals surface area contributed by atoms with Gasteiger partial charge in [0, 0.05) is 19.7 Å². The van der Waals surface area contributed by atoms with E-state index >= 15 is 0 Å². The summed E-state index contributed by atoms with van der Waals surface area (Å²) < 4.78 is 5.73. The van der Waals surface area contributed by atoms with E-state index in [1.165, 1.54) is 32.1 Å². The van der Waals surface area contributed by atoms with E-state index < -0.39 is 0 Å². The summed E-state index contributed by atoms with van der Waals surface area (Å²) in [5.74, 6) is 0.800. The molecule has 0 radical (unpaired) electrons. The van der Waals surface area contributed by atoms with Crippen LogP contribution in [0.5, 0.6) is 0 Å². The summed E-state index contributed by atoms with van der Waals surface area (Å²) in [6.07, 6.45) is 6.54. The second-order valence-corrected chi connectivity index (χ2v) is 6.24. The average molecular weight is 270 g/mol. The maximum atomic E-state index is 9.39. The minimum Gasteiger partial charge on any atom is -0.392 e. The Bertz CT molecular complexity index is 234. The number of ether oxygens (including phenoxy) is 1. The number of β-amino-alcohol motifs (C(OH)–C–C–N with tert-alkyl or cyclic N) is 1. The molecule has 2 heterocycles. The van der Waals surface area contributed by atoms with Gasteiger partial charge in [-0.2, -0.15) is 0 Å². The number of hydrogen-bond donors (Lipinski definition) is 2. The van der Waals surface area contributed by atoms with Crippen LogP contribution in [0.2, 0.25) is 0 Å². The van der Waals surface area contributed by atoms with Crippen LogP contribution in [0, 0.1) is 5.92 Å². The Morgan fingerprint density at radius 1 is 1.21 bits per heavy atom. The summed E-state index contributed by atoms with van der Waals surface area (Å²) in [4.78, 5) is 2.38. The van der Waals surface area contributed by atoms with Gasteiger partial charge in [-0.3, -0.25) is 0 Å². The van der Waals surface area contributed by atoms with Crippen LogP contribution in [0.15, 0.2) is 0 Å². The van der Waals surface area contributed by atoms with Crippen LogP contribution in [0.3, 0.4) is 0 Å². The van der Waals surface area contributed by atoms with Crippen LogP contribution in [0.1, 0.15) is 39.0 Å². The molecule has 2 rings (SSSR count). The highest BCUT2D eigenvalue weighted by molar-refractivity contribution is 4.76. The largest absolute Gasteiger partial charge is 0.392 e. The molecule has 0 aromatic heterocycles. The van der Waals surface area contributed by atoms with Gasteiger partial charge in [0.05, 0.1) is 12.2 Å². The van der Waals surface area contributed by atoms with E-state index in [2.05, 4.69) is 10.2 Å². The first-order valence-corrected chi connectivity index (χ1v) is 7.97. The minimum atomic E-state index is -0.196. The third-order valence-electron chi connectivity index (χ3n) is 4.31. The van der Waals surface area contributed by atoms with Crippen molar-refractivity contribution in [3.63, 3.8) is 0 Å². The lowest BCUT2D eigenvalue weighted by molar-refractivity contribution is 0.0159. The van der Waals surface area contributed by atoms with Gasteiger partial charge in [0.25, 0.3) is 0 Å². The number of aliphatic hydroxyl groups excluding tert-OH is 1. The first-order valence-electron chi connectivity index (χ1n) is 7.97. The smallest absolute Gasteiger partial charge is 0.0699 e. The molecular weight excluding hydrogens is 240 g/mol. The van der Waals surface area contributed by atoms with E-state index in [9.17, 15) is 5.11 Å². The number of piperidine rings is 1. The Balaban J connectivity index is 1.53. The fraction of sp³-hybridized carbons (Fsp3) is 1.00. The molecule has 19 heavy (non-hydrogen) atoms. The molecule has 112 valence electrons. The molecule has 2 saturated heterocycles. The summed E-state index contributed by atoms with van der Waals surface area (Å²) >= 11 is 0. The van der Waals surface area contributed by atoms with Crippen molar-refractivity contribution in [2.45, 2.75) is 51.2 Å². The fourth-order valence-corrected chi connectivity index (χ4v) is 3.16. The van der Waals surface area contributed by atoms with Crippen LogP contribution in [-0.4, -0.2) is 61.5 Å². The Morgan fingerprint density at radius 3 is 2.63 bits per heavy atom. The molecule has 2 aliphatic heterocycles. The van der Waals surface area contributed by atoms with Crippen LogP contribution in [0.25, 0.3) is 0 Å². The van der Waals surface area contributed by atoms with Gasteiger partial charge >= 0.3 is 0 Å². The molecule has 2 atom stereocenters. The summed E-state index contributed by atoms with van der Waals surface area (Å²) in [5.41, 5.74) is 0. The molecular formula is C15H30N2O2. The highest BCUT2D eigenvalue weighted by Gasteiger charge is 2.20. The van der Waals surface area contributed by atoms with Gasteiger partial charge in [-0.15, -0.1) is 0 Å². The number of nitrogens with zero attached hydrogens (tertiary/aromatic N) is 1. The maximum Gasteiger partial charge on any atom is 0.0699 e. The standard InChI is InChI=1S/C15H30N2O2/c1-13(18)12-17-7-5-14(6-8-17)10-16-11-15-4-2-3-9-19-15/h13-16,18H,2-12H2,1H3/t13-,15+/m1/s1. The zero-order valence-electron chi connectivity index (χ0n) is 12.3. The van der Waals surface area contributed by atoms with Crippen molar-refractivity contribution in [1.29, 1.82) is 0 Å². The van der Waals surface area contributed by atoms with Crippen molar-refractivity contribution in [3.05, 3.63) is 0 Å². The van der Waals surface area contributed by atoms with Crippen molar-refractivity contribution in [1.82, 2.24) is 10.2 Å². The van der Waals surface area contributed by atoms with Crippen LogP contribution in [-0.2, 0) is 4.74 Å². The Hall–Kier alpha value is -0.160. The molecule has 0 aliphatic carbocycles. The normalized spacial score (nSPS) is 28.4. The summed E-state index contributed by atoms with van der Waals surface area (Å²) in [7, 11) is 0. The molecule has 0 amide bonds. The number of aliphatic hydroxyl groups is 1. The van der Waals surface area contributed by atoms with Crippen LogP contribution in [0.4, 0.5) is 0 Å². The van der Waals surface area contributed by atoms with E-state index in [1.807, 2.05) is 6.92 Å². The first-order chi connectivity index (χ1) is 9.24. The van der Waals surface area contributed by atoms with E-state index in [0.717, 1.165) is 45.2 Å². The topological polar surface area (TPSA) is 44.7 Å². The van der Waals surface area contributed by atoms with Crippen molar-refractivity contribution >= 4 is 0 Å². The van der Waals surface area contributed by atoms with Crippen molar-refractivity contribution in [2.75, 3.05) is 39.3 Å². The number of hydrogen-bond acceptors (Lipinski definition) is 4. The van der Waals surface area contributed by atoms with E-state index in [0.29, 0.717) is 6.10 Å². The van der Waals surface area contributed by atoms with Crippen LogP contribution >= 0.6 is 0 Å². The third-order valence-corrected chi connectivity index (χ3v) is 4.31. The predicted octanol–water partition coefficient (Wildman–Crippen LogP) is 1.24. The molecule has 2 N–H and O–H groups in total. The van der Waals surface area contributed by atoms with Gasteiger partial charge < -0.3 is 20.1 Å². The van der Waals surface area contributed by atoms with E-state index in [4.69, 9.17) is 4.74 Å². The molecule has 4 nitrogen and oxygen atoms in total. The molecule has 2 fully saturated rings. The zero-order valence-corrected chi connectivity index (χ0v) is 12.3. The van der Waals surface area contributed by atoms with Gasteiger partial charge in [-0.05, 0) is 64.6 Å². The Labute approximate surface area is 117 Å². The van der Waals surface area contributed by atoms with E-state index in [1.54, 1.807) is 0 Å². The molecule has 0 aromatic carbocycles. The zero-order chi connectivity index (χ0) is 13.5. The molecule has 0 bridgehead atoms. The molecule has 2 aliphatic rings. The summed E-state index contributed by atoms with van der Waals surface area (Å²) in [5, 5.41) is 13.0. The SMILES string of the molecule is C[C@@H](O)CN1CCC(CNC[C@@H]2CCCCO2)CC1. The Kier molecular flexibility index (Phi) is 6.57. The minimum absolute atomic E-state index is 0.196. The lowest BCUT2D eigenvalue weighted by Crippen LogP contribution is -2.41. The molecule has 4 heteroatoms. The molecule has 0 unspecified atom stereocenters. The number of likely N-dealkylation sites (tertiary alicyclic amines) is 1. The average Bonchev–Trinajstić information content (AvgIpc) is 2.41. The molecule has 0 spiro atoms. The lowest BCUT2D eigenvalue weighted by Gasteiger charge is -2.33. The van der Waals surface area contributed by atoms with Gasteiger partial charge in [0.1, 0.15) is 0 Å². The van der Waals surface area contributed by atoms with Crippen molar-refractivity contribution in [2.24, 2.45) is 5.92 Å². The first kappa shape index (κ1) is 15.2. The van der Waals surface area contributed by atoms with Gasteiger partial charge in [-0.25, -0.2) is 0 Å². The predicted molar refractivity (Wildman–Crippen MR) is 77.3 cm³/mol. The van der Waals surface area contributed by atoms with Crippen LogP contribution < -0.4 is 5.32 Å². The van der Waals surface area contributed by atoms with Crippen molar-refractivity contribution in [3.8, 4) is 0 Å². The quantitative estimate of drug-likeness (QED) is 0.762. The highest BCUT2D eigenvalue weighted by atomic mass is 16.5.